The van der Waals surface area contributed by atoms with Gasteiger partial charge in [0, 0.05) is 24.5 Å². The van der Waals surface area contributed by atoms with Gasteiger partial charge in [-0.1, -0.05) is 13.8 Å². The topological polar surface area (TPSA) is 103 Å². The molecule has 0 bridgehead atoms. The number of carbonyl (C=O) groups excluding carboxylic acids is 2. The molecule has 1 fully saturated rings. The molecular weight excluding hydrogens is 297 g/mol. The lowest BCUT2D eigenvalue weighted by molar-refractivity contribution is -0.134. The van der Waals surface area contributed by atoms with Crippen molar-refractivity contribution in [1.82, 2.24) is 15.2 Å². The maximum Gasteiger partial charge on any atom is 0.475 e. The van der Waals surface area contributed by atoms with Crippen LogP contribution in [0.2, 0.25) is 0 Å². The fourth-order valence-corrected chi connectivity index (χ4v) is 2.80. The van der Waals surface area contributed by atoms with Gasteiger partial charge in [0.05, 0.1) is 5.94 Å². The molecule has 2 heterocycles. The first kappa shape index (κ1) is 17.4. The summed E-state index contributed by atoms with van der Waals surface area (Å²) in [6.07, 6.45) is 4.29. The fourth-order valence-electron chi connectivity index (χ4n) is 2.80. The molecule has 124 valence electrons. The average Bonchev–Trinajstić information content (AvgIpc) is 3.02. The number of nitrogens with one attached hydrogen (secondary N) is 1. The Balaban J connectivity index is 2.12. The van der Waals surface area contributed by atoms with Gasteiger partial charge in [0.15, 0.2) is 0 Å². The van der Waals surface area contributed by atoms with Gasteiger partial charge in [-0.05, 0) is 30.9 Å². The van der Waals surface area contributed by atoms with Crippen LogP contribution in [-0.4, -0.2) is 57.4 Å². The van der Waals surface area contributed by atoms with E-state index in [1.54, 1.807) is 12.1 Å². The quantitative estimate of drug-likeness (QED) is 0.655. The van der Waals surface area contributed by atoms with E-state index in [-0.39, 0.29) is 17.7 Å². The Kier molecular flexibility index (Phi) is 5.73. The maximum absolute atomic E-state index is 12.7. The summed E-state index contributed by atoms with van der Waals surface area (Å²) < 4.78 is 0. The van der Waals surface area contributed by atoms with Gasteiger partial charge in [0.25, 0.3) is 5.91 Å². The summed E-state index contributed by atoms with van der Waals surface area (Å²) >= 11 is 0. The minimum absolute atomic E-state index is 0.120. The average molecular weight is 319 g/mol. The van der Waals surface area contributed by atoms with E-state index < -0.39 is 19.1 Å². The van der Waals surface area contributed by atoms with Crippen molar-refractivity contribution < 1.29 is 19.6 Å². The standard InChI is InChI=1S/C15H22BN3O4/c1-10(2)13(18-14(20)11-5-7-17-8-6-11)15(21)19-9-3-4-12(19)16(22)23/h5-8,10,12-13,22-23H,3-4,9H2,1-2H3,(H,18,20)/t12-,13-/m0/s1. The Bertz CT molecular complexity index is 553. The monoisotopic (exact) mass is 319 g/mol. The van der Waals surface area contributed by atoms with Gasteiger partial charge in [0.2, 0.25) is 5.91 Å². The summed E-state index contributed by atoms with van der Waals surface area (Å²) in [6, 6.07) is 2.44. The lowest BCUT2D eigenvalue weighted by atomic mass is 9.77. The predicted molar refractivity (Wildman–Crippen MR) is 85.3 cm³/mol. The van der Waals surface area contributed by atoms with E-state index in [1.165, 1.54) is 17.3 Å². The van der Waals surface area contributed by atoms with E-state index in [4.69, 9.17) is 0 Å². The zero-order valence-electron chi connectivity index (χ0n) is 13.3. The predicted octanol–water partition coefficient (Wildman–Crippen LogP) is -0.161. The van der Waals surface area contributed by atoms with Crippen molar-refractivity contribution in [3.63, 3.8) is 0 Å². The first-order valence-electron chi connectivity index (χ1n) is 7.79. The summed E-state index contributed by atoms with van der Waals surface area (Å²) in [4.78, 5) is 30.4. The van der Waals surface area contributed by atoms with Crippen LogP contribution in [0, 0.1) is 5.92 Å². The van der Waals surface area contributed by atoms with Crippen molar-refractivity contribution in [3.05, 3.63) is 30.1 Å². The van der Waals surface area contributed by atoms with Crippen LogP contribution in [0.15, 0.2) is 24.5 Å². The number of rotatable bonds is 5. The number of pyridine rings is 1. The van der Waals surface area contributed by atoms with Crippen LogP contribution in [0.1, 0.15) is 37.0 Å². The van der Waals surface area contributed by atoms with Crippen LogP contribution in [0.25, 0.3) is 0 Å². The smallest absolute Gasteiger partial charge is 0.426 e. The third-order valence-electron chi connectivity index (χ3n) is 4.09. The molecule has 3 N–H and O–H groups in total. The molecule has 0 aromatic carbocycles. The molecule has 0 saturated carbocycles. The summed E-state index contributed by atoms with van der Waals surface area (Å²) in [5, 5.41) is 21.6. The maximum atomic E-state index is 12.7. The van der Waals surface area contributed by atoms with Gasteiger partial charge in [-0.2, -0.15) is 0 Å². The highest BCUT2D eigenvalue weighted by Crippen LogP contribution is 2.21. The summed E-state index contributed by atoms with van der Waals surface area (Å²) in [6.45, 7) is 4.15. The first-order valence-corrected chi connectivity index (χ1v) is 7.79. The van der Waals surface area contributed by atoms with Gasteiger partial charge >= 0.3 is 7.12 Å². The van der Waals surface area contributed by atoms with Gasteiger partial charge in [0.1, 0.15) is 6.04 Å². The number of carbonyl (C=O) groups is 2. The molecule has 1 aliphatic heterocycles. The van der Waals surface area contributed by atoms with Crippen molar-refractivity contribution >= 4 is 18.9 Å². The fraction of sp³-hybridized carbons (Fsp3) is 0.533. The molecule has 0 spiro atoms. The first-order chi connectivity index (χ1) is 10.9. The van der Waals surface area contributed by atoms with Crippen LogP contribution in [0.5, 0.6) is 0 Å². The Morgan fingerprint density at radius 1 is 1.35 bits per heavy atom. The van der Waals surface area contributed by atoms with E-state index in [0.29, 0.717) is 18.5 Å². The number of likely N-dealkylation sites (tertiary alicyclic amines) is 1. The van der Waals surface area contributed by atoms with Crippen molar-refractivity contribution in [3.8, 4) is 0 Å². The highest BCUT2D eigenvalue weighted by molar-refractivity contribution is 6.43. The molecule has 1 aromatic heterocycles. The summed E-state index contributed by atoms with van der Waals surface area (Å²) in [7, 11) is -1.56. The van der Waals surface area contributed by atoms with Gasteiger partial charge in [-0.15, -0.1) is 0 Å². The lowest BCUT2D eigenvalue weighted by Crippen LogP contribution is -2.55. The SMILES string of the molecule is CC(C)[C@H](NC(=O)c1ccncc1)C(=O)N1CCC[C@H]1B(O)O. The summed E-state index contributed by atoms with van der Waals surface area (Å²) in [5.41, 5.74) is 0.429. The second kappa shape index (κ2) is 7.56. The molecule has 23 heavy (non-hydrogen) atoms. The Morgan fingerprint density at radius 3 is 2.57 bits per heavy atom. The lowest BCUT2D eigenvalue weighted by Gasteiger charge is -2.30. The Morgan fingerprint density at radius 2 is 2.00 bits per heavy atom. The molecule has 1 saturated heterocycles. The normalized spacial score (nSPS) is 18.8. The molecule has 0 aliphatic carbocycles. The van der Waals surface area contributed by atoms with Crippen molar-refractivity contribution in [2.45, 2.75) is 38.7 Å². The molecule has 1 aromatic rings. The molecular formula is C15H22BN3O4. The second-order valence-corrected chi connectivity index (χ2v) is 6.09. The number of amides is 2. The van der Waals surface area contributed by atoms with Crippen LogP contribution >= 0.6 is 0 Å². The van der Waals surface area contributed by atoms with Crippen molar-refractivity contribution in [2.75, 3.05) is 6.54 Å². The van der Waals surface area contributed by atoms with Crippen LogP contribution in [-0.2, 0) is 4.79 Å². The van der Waals surface area contributed by atoms with Gasteiger partial charge in [-0.25, -0.2) is 0 Å². The number of nitrogens with zero attached hydrogens (tertiary/aromatic N) is 2. The highest BCUT2D eigenvalue weighted by atomic mass is 16.4. The summed E-state index contributed by atoms with van der Waals surface area (Å²) in [5.74, 6) is -1.36. The highest BCUT2D eigenvalue weighted by Gasteiger charge is 2.40. The largest absolute Gasteiger partial charge is 0.475 e. The number of hydrogen-bond donors (Lipinski definition) is 3. The van der Waals surface area contributed by atoms with E-state index in [1.807, 2.05) is 13.8 Å². The van der Waals surface area contributed by atoms with E-state index in [9.17, 15) is 19.6 Å². The molecule has 7 nitrogen and oxygen atoms in total. The van der Waals surface area contributed by atoms with Crippen LogP contribution < -0.4 is 5.32 Å². The minimum Gasteiger partial charge on any atom is -0.426 e. The molecule has 0 radical (unpaired) electrons. The Labute approximate surface area is 135 Å². The van der Waals surface area contributed by atoms with Crippen LogP contribution in [0.3, 0.4) is 0 Å². The number of aromatic nitrogens is 1. The van der Waals surface area contributed by atoms with Crippen molar-refractivity contribution in [1.29, 1.82) is 0 Å². The van der Waals surface area contributed by atoms with Gasteiger partial charge in [-0.3, -0.25) is 14.6 Å². The zero-order valence-corrected chi connectivity index (χ0v) is 13.3. The molecule has 2 rings (SSSR count). The molecule has 0 unspecified atom stereocenters. The zero-order chi connectivity index (χ0) is 17.0. The molecule has 2 atom stereocenters. The van der Waals surface area contributed by atoms with E-state index in [2.05, 4.69) is 10.3 Å². The third kappa shape index (κ3) is 4.08. The van der Waals surface area contributed by atoms with Gasteiger partial charge < -0.3 is 20.3 Å². The second-order valence-electron chi connectivity index (χ2n) is 6.09. The third-order valence-corrected chi connectivity index (χ3v) is 4.09. The minimum atomic E-state index is -1.56. The number of hydrogen-bond acceptors (Lipinski definition) is 5. The molecule has 8 heteroatoms. The van der Waals surface area contributed by atoms with Crippen LogP contribution in [0.4, 0.5) is 0 Å². The van der Waals surface area contributed by atoms with E-state index >= 15 is 0 Å². The Hall–Kier alpha value is -1.93. The van der Waals surface area contributed by atoms with E-state index in [0.717, 1.165) is 6.42 Å². The molecule has 2 amide bonds. The molecule has 1 aliphatic rings. The van der Waals surface area contributed by atoms with Crippen molar-refractivity contribution in [2.24, 2.45) is 5.92 Å².